The quantitative estimate of drug-likeness (QED) is 0.829. The fourth-order valence-electron chi connectivity index (χ4n) is 3.80. The normalized spacial score (nSPS) is 20.6. The summed E-state index contributed by atoms with van der Waals surface area (Å²) in [4.78, 5) is 31.8. The molecule has 4 rings (SSSR count). The monoisotopic (exact) mass is 417 g/mol. The molecule has 2 amide bonds. The molecule has 0 spiro atoms. The van der Waals surface area contributed by atoms with Crippen molar-refractivity contribution in [3.63, 3.8) is 0 Å². The number of anilines is 1. The Labute approximate surface area is 171 Å². The summed E-state index contributed by atoms with van der Waals surface area (Å²) in [6, 6.07) is 6.95. The lowest BCUT2D eigenvalue weighted by Crippen LogP contribution is -2.45. The Morgan fingerprint density at radius 3 is 2.67 bits per heavy atom. The van der Waals surface area contributed by atoms with Crippen molar-refractivity contribution in [2.24, 2.45) is 0 Å². The van der Waals surface area contributed by atoms with Crippen LogP contribution in [0.2, 0.25) is 0 Å². The molecule has 2 unspecified atom stereocenters. The van der Waals surface area contributed by atoms with Gasteiger partial charge in [0, 0.05) is 6.54 Å². The summed E-state index contributed by atoms with van der Waals surface area (Å²) in [5, 5.41) is 9.63. The Morgan fingerprint density at radius 2 is 2.03 bits per heavy atom. The molecule has 0 radical (unpaired) electrons. The van der Waals surface area contributed by atoms with Crippen LogP contribution in [0.25, 0.3) is 0 Å². The molecule has 2 aromatic rings. The first-order chi connectivity index (χ1) is 14.3. The molecule has 2 aliphatic rings. The van der Waals surface area contributed by atoms with Crippen LogP contribution in [0.15, 0.2) is 30.3 Å². The van der Waals surface area contributed by atoms with Crippen LogP contribution in [0.3, 0.4) is 0 Å². The van der Waals surface area contributed by atoms with Crippen LogP contribution in [-0.2, 0) is 6.42 Å². The third-order valence-electron chi connectivity index (χ3n) is 5.34. The van der Waals surface area contributed by atoms with E-state index in [4.69, 9.17) is 4.74 Å². The lowest BCUT2D eigenvalue weighted by Gasteiger charge is -2.33. The van der Waals surface area contributed by atoms with Gasteiger partial charge in [-0.1, -0.05) is 12.1 Å². The Bertz CT molecular complexity index is 983. The van der Waals surface area contributed by atoms with Gasteiger partial charge in [0.2, 0.25) is 5.88 Å². The molecule has 1 aromatic heterocycles. The molecule has 158 valence electrons. The maximum atomic E-state index is 13.6. The van der Waals surface area contributed by atoms with Crippen LogP contribution < -0.4 is 9.64 Å². The number of nitrogens with zero attached hydrogens (tertiary/aromatic N) is 3. The molecule has 1 N–H and O–H groups in total. The number of ether oxygens (including phenoxy) is 1. The van der Waals surface area contributed by atoms with Gasteiger partial charge in [0.25, 0.3) is 5.91 Å². The van der Waals surface area contributed by atoms with Crippen molar-refractivity contribution in [3.05, 3.63) is 53.0 Å². The van der Waals surface area contributed by atoms with Crippen LogP contribution in [0.5, 0.6) is 5.88 Å². The van der Waals surface area contributed by atoms with Gasteiger partial charge in [-0.3, -0.25) is 9.69 Å². The van der Waals surface area contributed by atoms with Gasteiger partial charge in [-0.2, -0.15) is 0 Å². The number of alkyl halides is 1. The Hall–Kier alpha value is -3.23. The summed E-state index contributed by atoms with van der Waals surface area (Å²) in [5.74, 6) is -0.763. The van der Waals surface area contributed by atoms with E-state index in [-0.39, 0.29) is 55.6 Å². The maximum absolute atomic E-state index is 13.6. The summed E-state index contributed by atoms with van der Waals surface area (Å²) < 4.78 is 32.5. The van der Waals surface area contributed by atoms with Gasteiger partial charge >= 0.3 is 6.09 Å². The zero-order chi connectivity index (χ0) is 21.4. The number of benzene rings is 1. The second-order valence-corrected chi connectivity index (χ2v) is 7.57. The summed E-state index contributed by atoms with van der Waals surface area (Å²) >= 11 is 0. The Morgan fingerprint density at radius 1 is 1.30 bits per heavy atom. The first kappa shape index (κ1) is 20.1. The highest BCUT2D eigenvalue weighted by Crippen LogP contribution is 2.35. The fraction of sp³-hybridized carbons (Fsp3) is 0.381. The number of fused-ring (bicyclic) bond motifs is 1. The molecule has 9 heteroatoms. The second-order valence-electron chi connectivity index (χ2n) is 7.57. The first-order valence-electron chi connectivity index (χ1n) is 9.70. The average Bonchev–Trinajstić information content (AvgIpc) is 3.14. The summed E-state index contributed by atoms with van der Waals surface area (Å²) in [6.45, 7) is 2.09. The molecule has 0 aliphatic carbocycles. The SMILES string of the molecule is CC1COc2nc(C(=O)N3CCC(F)C3)c(Cc3ccc(F)cc3)cc2N1C(=O)O. The molecule has 0 bridgehead atoms. The number of aromatic nitrogens is 1. The third kappa shape index (κ3) is 3.79. The minimum atomic E-state index is -1.15. The van der Waals surface area contributed by atoms with E-state index in [1.54, 1.807) is 25.1 Å². The topological polar surface area (TPSA) is 83.0 Å². The summed E-state index contributed by atoms with van der Waals surface area (Å²) in [5.41, 5.74) is 1.53. The zero-order valence-electron chi connectivity index (χ0n) is 16.3. The fourth-order valence-corrected chi connectivity index (χ4v) is 3.80. The van der Waals surface area contributed by atoms with Crippen molar-refractivity contribution in [2.45, 2.75) is 32.0 Å². The smallest absolute Gasteiger partial charge is 0.412 e. The number of carbonyl (C=O) groups excluding carboxylic acids is 1. The Kier molecular flexibility index (Phi) is 5.27. The lowest BCUT2D eigenvalue weighted by molar-refractivity contribution is 0.0774. The largest absolute Gasteiger partial charge is 0.474 e. The van der Waals surface area contributed by atoms with E-state index in [1.807, 2.05) is 0 Å². The van der Waals surface area contributed by atoms with Crippen molar-refractivity contribution in [1.82, 2.24) is 9.88 Å². The van der Waals surface area contributed by atoms with E-state index in [9.17, 15) is 23.5 Å². The third-order valence-corrected chi connectivity index (χ3v) is 5.34. The maximum Gasteiger partial charge on any atom is 0.412 e. The van der Waals surface area contributed by atoms with Gasteiger partial charge in [0.05, 0.1) is 12.6 Å². The van der Waals surface area contributed by atoms with Crippen LogP contribution in [0, 0.1) is 5.82 Å². The molecule has 3 heterocycles. The lowest BCUT2D eigenvalue weighted by atomic mass is 10.0. The predicted molar refractivity (Wildman–Crippen MR) is 104 cm³/mol. The summed E-state index contributed by atoms with van der Waals surface area (Å²) in [7, 11) is 0. The van der Waals surface area contributed by atoms with Crippen molar-refractivity contribution in [3.8, 4) is 5.88 Å². The number of likely N-dealkylation sites (tertiary alicyclic amines) is 1. The van der Waals surface area contributed by atoms with Crippen LogP contribution in [0.1, 0.15) is 35.0 Å². The van der Waals surface area contributed by atoms with Crippen molar-refractivity contribution in [1.29, 1.82) is 0 Å². The van der Waals surface area contributed by atoms with Gasteiger partial charge in [-0.25, -0.2) is 18.6 Å². The Balaban J connectivity index is 1.78. The van der Waals surface area contributed by atoms with E-state index >= 15 is 0 Å². The van der Waals surface area contributed by atoms with Gasteiger partial charge in [-0.05, 0) is 49.1 Å². The van der Waals surface area contributed by atoms with Crippen molar-refractivity contribution in [2.75, 3.05) is 24.6 Å². The number of carbonyl (C=O) groups is 2. The van der Waals surface area contributed by atoms with E-state index in [1.165, 1.54) is 17.0 Å². The molecule has 0 saturated carbocycles. The molecular formula is C21H21F2N3O4. The van der Waals surface area contributed by atoms with E-state index < -0.39 is 24.2 Å². The van der Waals surface area contributed by atoms with Gasteiger partial charge in [-0.15, -0.1) is 0 Å². The highest BCUT2D eigenvalue weighted by atomic mass is 19.1. The van der Waals surface area contributed by atoms with Crippen LogP contribution in [-0.4, -0.2) is 58.9 Å². The molecular weight excluding hydrogens is 396 g/mol. The average molecular weight is 417 g/mol. The molecule has 2 atom stereocenters. The summed E-state index contributed by atoms with van der Waals surface area (Å²) in [6.07, 6.45) is -1.73. The molecule has 7 nitrogen and oxygen atoms in total. The van der Waals surface area contributed by atoms with Gasteiger partial charge < -0.3 is 14.7 Å². The molecule has 2 aliphatic heterocycles. The highest BCUT2D eigenvalue weighted by molar-refractivity contribution is 5.96. The van der Waals surface area contributed by atoms with Crippen LogP contribution in [0.4, 0.5) is 19.3 Å². The van der Waals surface area contributed by atoms with Crippen LogP contribution >= 0.6 is 0 Å². The number of carboxylic acid groups (broad SMARTS) is 1. The van der Waals surface area contributed by atoms with Gasteiger partial charge in [0.15, 0.2) is 0 Å². The molecule has 30 heavy (non-hydrogen) atoms. The number of pyridine rings is 1. The zero-order valence-corrected chi connectivity index (χ0v) is 16.3. The van der Waals surface area contributed by atoms with Crippen molar-refractivity contribution >= 4 is 17.7 Å². The first-order valence-corrected chi connectivity index (χ1v) is 9.70. The minimum Gasteiger partial charge on any atom is -0.474 e. The molecule has 1 aromatic carbocycles. The van der Waals surface area contributed by atoms with E-state index in [0.717, 1.165) is 10.5 Å². The molecule has 1 fully saturated rings. The molecule has 1 saturated heterocycles. The van der Waals surface area contributed by atoms with E-state index in [2.05, 4.69) is 4.98 Å². The number of hydrogen-bond acceptors (Lipinski definition) is 4. The number of rotatable bonds is 3. The van der Waals surface area contributed by atoms with Crippen molar-refractivity contribution < 1.29 is 28.2 Å². The number of amides is 2. The van der Waals surface area contributed by atoms with E-state index in [0.29, 0.717) is 5.56 Å². The predicted octanol–water partition coefficient (Wildman–Crippen LogP) is 3.26. The second kappa shape index (κ2) is 7.89. The highest BCUT2D eigenvalue weighted by Gasteiger charge is 2.34. The minimum absolute atomic E-state index is 0.00721. The standard InChI is InChI=1S/C21H21F2N3O4/c1-12-11-30-19-17(26(12)21(28)29)9-14(8-13-2-4-15(22)5-3-13)18(24-19)20(27)25-7-6-16(23)10-25/h2-5,9,12,16H,6-8,10-11H2,1H3,(H,28,29). The van der Waals surface area contributed by atoms with Gasteiger partial charge in [0.1, 0.15) is 30.0 Å². The number of hydrogen-bond donors (Lipinski definition) is 1. The number of halogens is 2.